The van der Waals surface area contributed by atoms with Crippen LogP contribution in [0.15, 0.2) is 91.0 Å². The molecular formula is C23H23NS. The van der Waals surface area contributed by atoms with Gasteiger partial charge in [0.2, 0.25) is 0 Å². The van der Waals surface area contributed by atoms with Gasteiger partial charge in [-0.05, 0) is 28.0 Å². The fourth-order valence-corrected chi connectivity index (χ4v) is 3.55. The van der Waals surface area contributed by atoms with Crippen molar-refractivity contribution in [3.8, 4) is 0 Å². The fraction of sp³-hybridized carbons (Fsp3) is 0.174. The Morgan fingerprint density at radius 2 is 1.20 bits per heavy atom. The summed E-state index contributed by atoms with van der Waals surface area (Å²) in [6, 6.07) is 31.1. The first-order chi connectivity index (χ1) is 12.2. The van der Waals surface area contributed by atoms with Crippen LogP contribution in [0.3, 0.4) is 0 Å². The summed E-state index contributed by atoms with van der Waals surface area (Å²) in [6.07, 6.45) is 1.63. The van der Waals surface area contributed by atoms with Crippen LogP contribution in [0.25, 0.3) is 0 Å². The van der Waals surface area contributed by atoms with E-state index in [0.29, 0.717) is 0 Å². The standard InChI is InChI=1S/C23H23NS/c24-23(20-14-8-3-9-15-20)22(19-12-6-2-7-13-19)17-21(25)16-18-10-4-1-5-11-18/h1-15,22-23H,16-17,24H2/t22-,23-/m1/s1. The quantitative estimate of drug-likeness (QED) is 0.574. The summed E-state index contributed by atoms with van der Waals surface area (Å²) in [6.45, 7) is 0. The lowest BCUT2D eigenvalue weighted by Gasteiger charge is -2.25. The van der Waals surface area contributed by atoms with Crippen LogP contribution in [0, 0.1) is 0 Å². The molecule has 0 aliphatic rings. The van der Waals surface area contributed by atoms with Crippen molar-refractivity contribution in [1.29, 1.82) is 0 Å². The van der Waals surface area contributed by atoms with Crippen LogP contribution in [-0.4, -0.2) is 4.86 Å². The number of thiocarbonyl (C=S) groups is 1. The van der Waals surface area contributed by atoms with Gasteiger partial charge in [0.25, 0.3) is 0 Å². The molecule has 0 radical (unpaired) electrons. The Morgan fingerprint density at radius 1 is 0.720 bits per heavy atom. The van der Waals surface area contributed by atoms with Crippen LogP contribution in [-0.2, 0) is 6.42 Å². The van der Waals surface area contributed by atoms with E-state index in [1.165, 1.54) is 11.1 Å². The number of hydrogen-bond acceptors (Lipinski definition) is 2. The molecule has 0 unspecified atom stereocenters. The van der Waals surface area contributed by atoms with E-state index in [0.717, 1.165) is 23.3 Å². The van der Waals surface area contributed by atoms with E-state index in [-0.39, 0.29) is 12.0 Å². The Morgan fingerprint density at radius 3 is 1.76 bits per heavy atom. The highest BCUT2D eigenvalue weighted by atomic mass is 32.1. The number of nitrogens with two attached hydrogens (primary N) is 1. The largest absolute Gasteiger partial charge is 0.323 e. The first kappa shape index (κ1) is 17.5. The van der Waals surface area contributed by atoms with Crippen LogP contribution < -0.4 is 5.73 Å². The van der Waals surface area contributed by atoms with Crippen molar-refractivity contribution in [2.24, 2.45) is 5.73 Å². The molecule has 3 rings (SSSR count). The second-order valence-corrected chi connectivity index (χ2v) is 6.94. The van der Waals surface area contributed by atoms with Crippen LogP contribution in [0.4, 0.5) is 0 Å². The molecule has 25 heavy (non-hydrogen) atoms. The van der Waals surface area contributed by atoms with E-state index in [1.54, 1.807) is 0 Å². The lowest BCUT2D eigenvalue weighted by Crippen LogP contribution is -2.22. The minimum Gasteiger partial charge on any atom is -0.323 e. The third-order valence-corrected chi connectivity index (χ3v) is 4.85. The molecule has 2 heteroatoms. The van der Waals surface area contributed by atoms with Gasteiger partial charge in [-0.25, -0.2) is 0 Å². The van der Waals surface area contributed by atoms with Gasteiger partial charge in [-0.2, -0.15) is 0 Å². The third-order valence-electron chi connectivity index (χ3n) is 4.54. The molecule has 0 spiro atoms. The zero-order valence-electron chi connectivity index (χ0n) is 14.2. The molecule has 1 nitrogen and oxygen atoms in total. The van der Waals surface area contributed by atoms with Gasteiger partial charge in [-0.15, -0.1) is 0 Å². The first-order valence-corrected chi connectivity index (χ1v) is 9.06. The smallest absolute Gasteiger partial charge is 0.0367 e. The van der Waals surface area contributed by atoms with E-state index >= 15 is 0 Å². The third kappa shape index (κ3) is 4.85. The average molecular weight is 346 g/mol. The Kier molecular flexibility index (Phi) is 6.10. The summed E-state index contributed by atoms with van der Waals surface area (Å²) in [5, 5.41) is 0. The van der Waals surface area contributed by atoms with Crippen LogP contribution in [0.1, 0.15) is 35.1 Å². The van der Waals surface area contributed by atoms with Crippen molar-refractivity contribution in [2.45, 2.75) is 24.8 Å². The summed E-state index contributed by atoms with van der Waals surface area (Å²) < 4.78 is 0. The number of hydrogen-bond donors (Lipinski definition) is 1. The van der Waals surface area contributed by atoms with Gasteiger partial charge in [0.1, 0.15) is 0 Å². The highest BCUT2D eigenvalue weighted by Gasteiger charge is 2.22. The van der Waals surface area contributed by atoms with Crippen LogP contribution >= 0.6 is 12.2 Å². The molecule has 0 aliphatic carbocycles. The normalized spacial score (nSPS) is 13.2. The Bertz CT molecular complexity index is 784. The van der Waals surface area contributed by atoms with E-state index in [1.807, 2.05) is 30.3 Å². The summed E-state index contributed by atoms with van der Waals surface area (Å²) in [5.41, 5.74) is 10.3. The van der Waals surface area contributed by atoms with Crippen LogP contribution in [0.2, 0.25) is 0 Å². The minimum atomic E-state index is -0.0719. The molecule has 0 aliphatic heterocycles. The molecule has 0 saturated carbocycles. The molecule has 3 aromatic rings. The lowest BCUT2D eigenvalue weighted by atomic mass is 9.83. The van der Waals surface area contributed by atoms with Crippen molar-refractivity contribution in [2.75, 3.05) is 0 Å². The molecule has 0 amide bonds. The lowest BCUT2D eigenvalue weighted by molar-refractivity contribution is 0.571. The highest BCUT2D eigenvalue weighted by Crippen LogP contribution is 2.32. The molecule has 0 bridgehead atoms. The fourth-order valence-electron chi connectivity index (χ4n) is 3.20. The second kappa shape index (κ2) is 8.70. The Balaban J connectivity index is 1.80. The molecule has 0 saturated heterocycles. The summed E-state index contributed by atoms with van der Waals surface area (Å²) >= 11 is 5.73. The van der Waals surface area contributed by atoms with Crippen LogP contribution in [0.5, 0.6) is 0 Å². The molecule has 0 fully saturated rings. The Labute approximate surface area is 155 Å². The molecule has 126 valence electrons. The van der Waals surface area contributed by atoms with Crippen molar-refractivity contribution in [3.05, 3.63) is 108 Å². The maximum Gasteiger partial charge on any atom is 0.0367 e. The van der Waals surface area contributed by atoms with Crippen molar-refractivity contribution in [3.63, 3.8) is 0 Å². The molecule has 3 aromatic carbocycles. The van der Waals surface area contributed by atoms with E-state index in [4.69, 9.17) is 18.0 Å². The van der Waals surface area contributed by atoms with E-state index in [9.17, 15) is 0 Å². The Hall–Kier alpha value is -2.29. The first-order valence-electron chi connectivity index (χ1n) is 8.65. The monoisotopic (exact) mass is 345 g/mol. The zero-order chi connectivity index (χ0) is 17.5. The summed E-state index contributed by atoms with van der Waals surface area (Å²) in [4.78, 5) is 1.05. The molecule has 2 N–H and O–H groups in total. The van der Waals surface area contributed by atoms with Crippen molar-refractivity contribution < 1.29 is 0 Å². The van der Waals surface area contributed by atoms with Gasteiger partial charge < -0.3 is 5.73 Å². The van der Waals surface area contributed by atoms with Gasteiger partial charge in [0.15, 0.2) is 0 Å². The molecule has 0 aromatic heterocycles. The van der Waals surface area contributed by atoms with Crippen molar-refractivity contribution in [1.82, 2.24) is 0 Å². The predicted molar refractivity (Wildman–Crippen MR) is 110 cm³/mol. The predicted octanol–water partition coefficient (Wildman–Crippen LogP) is 5.47. The highest BCUT2D eigenvalue weighted by molar-refractivity contribution is 7.80. The van der Waals surface area contributed by atoms with E-state index in [2.05, 4.69) is 60.7 Å². The summed E-state index contributed by atoms with van der Waals surface area (Å²) in [5.74, 6) is 0.180. The minimum absolute atomic E-state index is 0.0719. The van der Waals surface area contributed by atoms with Gasteiger partial charge in [-0.1, -0.05) is 103 Å². The van der Waals surface area contributed by atoms with Crippen molar-refractivity contribution >= 4 is 17.1 Å². The molecular weight excluding hydrogens is 322 g/mol. The van der Waals surface area contributed by atoms with E-state index < -0.39 is 0 Å². The maximum atomic E-state index is 6.65. The maximum absolute atomic E-state index is 6.65. The summed E-state index contributed by atoms with van der Waals surface area (Å²) in [7, 11) is 0. The van der Waals surface area contributed by atoms with Gasteiger partial charge in [0.05, 0.1) is 0 Å². The zero-order valence-corrected chi connectivity index (χ0v) is 15.0. The number of rotatable bonds is 7. The number of benzene rings is 3. The SMILES string of the molecule is N[C@H](c1ccccc1)[C@H](CC(=S)Cc1ccccc1)c1ccccc1. The average Bonchev–Trinajstić information content (AvgIpc) is 2.68. The molecule has 0 heterocycles. The molecule has 2 atom stereocenters. The topological polar surface area (TPSA) is 26.0 Å². The van der Waals surface area contributed by atoms with Gasteiger partial charge >= 0.3 is 0 Å². The second-order valence-electron chi connectivity index (χ2n) is 6.36. The van der Waals surface area contributed by atoms with Gasteiger partial charge in [-0.3, -0.25) is 0 Å². The van der Waals surface area contributed by atoms with Gasteiger partial charge in [0, 0.05) is 18.4 Å².